The molecule has 132 valence electrons. The van der Waals surface area contributed by atoms with Crippen molar-refractivity contribution in [3.8, 4) is 0 Å². The summed E-state index contributed by atoms with van der Waals surface area (Å²) < 4.78 is 40.8. The molecule has 0 saturated carbocycles. The van der Waals surface area contributed by atoms with Gasteiger partial charge < -0.3 is 5.32 Å². The molecule has 0 radical (unpaired) electrons. The maximum Gasteiger partial charge on any atom is 0.250 e. The van der Waals surface area contributed by atoms with E-state index in [0.717, 1.165) is 0 Å². The van der Waals surface area contributed by atoms with Crippen LogP contribution < -0.4 is 20.9 Å². The number of hydrazine groups is 1. The zero-order chi connectivity index (χ0) is 17.9. The fourth-order valence-corrected chi connectivity index (χ4v) is 4.02. The lowest BCUT2D eigenvalue weighted by atomic mass is 10.1. The minimum absolute atomic E-state index is 0.127. The Morgan fingerprint density at radius 3 is 2.52 bits per heavy atom. The summed E-state index contributed by atoms with van der Waals surface area (Å²) in [6.45, 7) is 0.127. The van der Waals surface area contributed by atoms with Crippen molar-refractivity contribution in [1.82, 2.24) is 10.9 Å². The number of hydrogen-bond donors (Lipinski definition) is 4. The van der Waals surface area contributed by atoms with Crippen LogP contribution in [0, 0.1) is 11.7 Å². The van der Waals surface area contributed by atoms with Crippen molar-refractivity contribution < 1.29 is 17.6 Å². The topological polar surface area (TPSA) is 99.3 Å². The number of para-hydroxylation sites is 1. The van der Waals surface area contributed by atoms with Crippen molar-refractivity contribution in [3.05, 3.63) is 60.4 Å². The van der Waals surface area contributed by atoms with E-state index >= 15 is 0 Å². The lowest BCUT2D eigenvalue weighted by molar-refractivity contribution is -0.119. The van der Waals surface area contributed by atoms with Gasteiger partial charge in [0.2, 0.25) is 5.91 Å². The number of sulfonamides is 1. The summed E-state index contributed by atoms with van der Waals surface area (Å²) in [5.41, 5.74) is 5.97. The Morgan fingerprint density at radius 2 is 1.80 bits per heavy atom. The summed E-state index contributed by atoms with van der Waals surface area (Å²) in [6, 6.07) is 13.8. The zero-order valence-electron chi connectivity index (χ0n) is 13.1. The van der Waals surface area contributed by atoms with Crippen LogP contribution in [0.4, 0.5) is 15.8 Å². The number of benzene rings is 2. The molecule has 1 heterocycles. The molecule has 9 heteroatoms. The van der Waals surface area contributed by atoms with Crippen molar-refractivity contribution in [3.63, 3.8) is 0 Å². The molecule has 1 aliphatic rings. The molecular weight excluding hydrogens is 347 g/mol. The monoisotopic (exact) mass is 364 g/mol. The summed E-state index contributed by atoms with van der Waals surface area (Å²) in [5.74, 6) is -1.90. The second-order valence-electron chi connectivity index (χ2n) is 5.57. The van der Waals surface area contributed by atoms with E-state index in [0.29, 0.717) is 5.69 Å². The lowest BCUT2D eigenvalue weighted by Gasteiger charge is -2.19. The minimum Gasteiger partial charge on any atom is -0.326 e. The molecule has 7 nitrogen and oxygen atoms in total. The third-order valence-corrected chi connectivity index (χ3v) is 5.36. The first-order valence-electron chi connectivity index (χ1n) is 7.57. The smallest absolute Gasteiger partial charge is 0.250 e. The average molecular weight is 364 g/mol. The Hall–Kier alpha value is -2.49. The molecule has 1 amide bonds. The number of carbonyl (C=O) groups is 1. The van der Waals surface area contributed by atoms with E-state index in [-0.39, 0.29) is 12.2 Å². The lowest BCUT2D eigenvalue weighted by Crippen LogP contribution is -2.45. The Labute approximate surface area is 144 Å². The van der Waals surface area contributed by atoms with E-state index in [1.807, 2.05) is 0 Å². The van der Waals surface area contributed by atoms with Gasteiger partial charge in [0.05, 0.1) is 5.92 Å². The molecule has 2 atom stereocenters. The summed E-state index contributed by atoms with van der Waals surface area (Å²) >= 11 is 0. The van der Waals surface area contributed by atoms with E-state index in [1.165, 1.54) is 24.3 Å². The van der Waals surface area contributed by atoms with Crippen LogP contribution in [0.2, 0.25) is 0 Å². The molecule has 4 N–H and O–H groups in total. The molecule has 1 aliphatic heterocycles. The number of anilines is 2. The summed E-state index contributed by atoms with van der Waals surface area (Å²) in [7, 11) is -3.87. The van der Waals surface area contributed by atoms with Gasteiger partial charge in [-0.2, -0.15) is 0 Å². The van der Waals surface area contributed by atoms with Crippen molar-refractivity contribution in [1.29, 1.82) is 0 Å². The molecule has 0 bridgehead atoms. The van der Waals surface area contributed by atoms with Crippen molar-refractivity contribution in [2.45, 2.75) is 5.37 Å². The molecule has 0 aromatic heterocycles. The van der Waals surface area contributed by atoms with E-state index in [4.69, 9.17) is 0 Å². The maximum atomic E-state index is 13.2. The number of hydrogen-bond acceptors (Lipinski definition) is 5. The van der Waals surface area contributed by atoms with Gasteiger partial charge in [-0.1, -0.05) is 24.3 Å². The van der Waals surface area contributed by atoms with Crippen LogP contribution in [-0.2, 0) is 14.8 Å². The van der Waals surface area contributed by atoms with Crippen LogP contribution in [0.25, 0.3) is 0 Å². The van der Waals surface area contributed by atoms with Gasteiger partial charge in [-0.05, 0) is 30.3 Å². The second-order valence-corrected chi connectivity index (χ2v) is 7.37. The molecule has 1 saturated heterocycles. The summed E-state index contributed by atoms with van der Waals surface area (Å²) in [5, 5.41) is 1.37. The first-order chi connectivity index (χ1) is 12.0. The van der Waals surface area contributed by atoms with Gasteiger partial charge in [0.1, 0.15) is 5.82 Å². The van der Waals surface area contributed by atoms with Gasteiger partial charge in [-0.25, -0.2) is 18.2 Å². The van der Waals surface area contributed by atoms with Gasteiger partial charge >= 0.3 is 0 Å². The van der Waals surface area contributed by atoms with Crippen LogP contribution in [0.5, 0.6) is 0 Å². The van der Waals surface area contributed by atoms with Crippen LogP contribution in [0.3, 0.4) is 0 Å². The Bertz CT molecular complexity index is 861. The van der Waals surface area contributed by atoms with E-state index < -0.39 is 33.0 Å². The van der Waals surface area contributed by atoms with E-state index in [2.05, 4.69) is 20.9 Å². The molecule has 2 aromatic carbocycles. The first kappa shape index (κ1) is 17.3. The van der Waals surface area contributed by atoms with Crippen LogP contribution >= 0.6 is 0 Å². The van der Waals surface area contributed by atoms with Gasteiger partial charge in [0, 0.05) is 17.9 Å². The third kappa shape index (κ3) is 4.13. The summed E-state index contributed by atoms with van der Waals surface area (Å²) in [4.78, 5) is 12.4. The summed E-state index contributed by atoms with van der Waals surface area (Å²) in [6.07, 6.45) is 0. The number of amides is 1. The highest BCUT2D eigenvalue weighted by atomic mass is 32.2. The Balaban J connectivity index is 1.74. The molecule has 3 rings (SSSR count). The standard InChI is InChI=1S/C16H17FN4O3S/c17-11-5-4-8-13(9-11)19-15(22)14-10-18-20-16(14)25(23,24)21-12-6-2-1-3-7-12/h1-9,14,16,18,20-21H,10H2,(H,19,22). The second kappa shape index (κ2) is 7.18. The van der Waals surface area contributed by atoms with Crippen LogP contribution in [0.1, 0.15) is 0 Å². The van der Waals surface area contributed by atoms with E-state index in [1.54, 1.807) is 30.3 Å². The highest BCUT2D eigenvalue weighted by molar-refractivity contribution is 7.93. The predicted molar refractivity (Wildman–Crippen MR) is 92.4 cm³/mol. The molecular formula is C16H17FN4O3S. The van der Waals surface area contributed by atoms with Gasteiger partial charge in [-0.15, -0.1) is 0 Å². The fourth-order valence-electron chi connectivity index (χ4n) is 2.54. The molecule has 2 aromatic rings. The van der Waals surface area contributed by atoms with Gasteiger partial charge in [0.25, 0.3) is 10.0 Å². The predicted octanol–water partition coefficient (Wildman–Crippen LogP) is 1.26. The average Bonchev–Trinajstić information content (AvgIpc) is 3.06. The quantitative estimate of drug-likeness (QED) is 0.640. The molecule has 2 unspecified atom stereocenters. The number of nitrogens with one attached hydrogen (secondary N) is 4. The maximum absolute atomic E-state index is 13.2. The molecule has 25 heavy (non-hydrogen) atoms. The third-order valence-electron chi connectivity index (χ3n) is 3.73. The first-order valence-corrected chi connectivity index (χ1v) is 9.12. The highest BCUT2D eigenvalue weighted by Gasteiger charge is 2.41. The minimum atomic E-state index is -3.87. The van der Waals surface area contributed by atoms with Crippen molar-refractivity contribution in [2.75, 3.05) is 16.6 Å². The normalized spacial score (nSPS) is 20.2. The number of halogens is 1. The SMILES string of the molecule is O=C(Nc1cccc(F)c1)C1CNNC1S(=O)(=O)Nc1ccccc1. The van der Waals surface area contributed by atoms with Crippen molar-refractivity contribution >= 4 is 27.3 Å². The Kier molecular flexibility index (Phi) is 4.98. The van der Waals surface area contributed by atoms with Gasteiger partial charge in [-0.3, -0.25) is 14.9 Å². The number of carbonyl (C=O) groups excluding carboxylic acids is 1. The molecule has 0 aliphatic carbocycles. The zero-order valence-corrected chi connectivity index (χ0v) is 13.9. The van der Waals surface area contributed by atoms with Crippen LogP contribution in [0.15, 0.2) is 54.6 Å². The van der Waals surface area contributed by atoms with Gasteiger partial charge in [0.15, 0.2) is 5.37 Å². The molecule has 0 spiro atoms. The van der Waals surface area contributed by atoms with Crippen molar-refractivity contribution in [2.24, 2.45) is 5.92 Å². The highest BCUT2D eigenvalue weighted by Crippen LogP contribution is 2.20. The van der Waals surface area contributed by atoms with Crippen LogP contribution in [-0.4, -0.2) is 26.2 Å². The Morgan fingerprint density at radius 1 is 1.08 bits per heavy atom. The largest absolute Gasteiger partial charge is 0.326 e. The molecule has 1 fully saturated rings. The number of rotatable bonds is 5. The fraction of sp³-hybridized carbons (Fsp3) is 0.188. The van der Waals surface area contributed by atoms with E-state index in [9.17, 15) is 17.6 Å².